The number of rotatable bonds is 7. The molecule has 19 heavy (non-hydrogen) atoms. The fourth-order valence-electron chi connectivity index (χ4n) is 2.49. The highest BCUT2D eigenvalue weighted by molar-refractivity contribution is 5.76. The molecule has 1 aliphatic heterocycles. The Kier molecular flexibility index (Phi) is 6.80. The maximum atomic E-state index is 12.0. The van der Waals surface area contributed by atoms with Crippen LogP contribution in [0.3, 0.4) is 0 Å². The number of ether oxygens (including phenoxy) is 1. The molecule has 0 aromatic heterocycles. The number of likely N-dealkylation sites (tertiary alicyclic amines) is 1. The van der Waals surface area contributed by atoms with Crippen molar-refractivity contribution in [3.8, 4) is 0 Å². The van der Waals surface area contributed by atoms with Gasteiger partial charge in [0.2, 0.25) is 5.91 Å². The summed E-state index contributed by atoms with van der Waals surface area (Å²) in [6, 6.07) is 0. The monoisotopic (exact) mass is 271 g/mol. The van der Waals surface area contributed by atoms with Gasteiger partial charge in [0.25, 0.3) is 0 Å². The van der Waals surface area contributed by atoms with Crippen LogP contribution in [0.4, 0.5) is 0 Å². The Morgan fingerprint density at radius 3 is 2.47 bits per heavy atom. The molecule has 0 saturated carbocycles. The molecule has 4 heteroatoms. The van der Waals surface area contributed by atoms with E-state index >= 15 is 0 Å². The van der Waals surface area contributed by atoms with E-state index in [1.165, 1.54) is 0 Å². The van der Waals surface area contributed by atoms with Crippen molar-refractivity contribution in [2.24, 2.45) is 11.3 Å². The highest BCUT2D eigenvalue weighted by Crippen LogP contribution is 2.34. The van der Waals surface area contributed by atoms with Crippen molar-refractivity contribution in [3.63, 3.8) is 0 Å². The Morgan fingerprint density at radius 2 is 2.00 bits per heavy atom. The van der Waals surface area contributed by atoms with Crippen molar-refractivity contribution >= 4 is 5.91 Å². The fraction of sp³-hybridized carbons (Fsp3) is 0.933. The topological polar surface area (TPSA) is 49.8 Å². The van der Waals surface area contributed by atoms with Crippen LogP contribution >= 0.6 is 0 Å². The second-order valence-corrected chi connectivity index (χ2v) is 6.11. The normalized spacial score (nSPS) is 18.9. The molecule has 4 nitrogen and oxygen atoms in total. The minimum Gasteiger partial charge on any atom is -0.396 e. The van der Waals surface area contributed by atoms with Gasteiger partial charge in [-0.3, -0.25) is 4.79 Å². The van der Waals surface area contributed by atoms with Crippen molar-refractivity contribution in [2.45, 2.75) is 46.5 Å². The minimum absolute atomic E-state index is 0.0466. The number of nitrogens with zero attached hydrogens (tertiary/aromatic N) is 1. The van der Waals surface area contributed by atoms with Gasteiger partial charge in [0.05, 0.1) is 13.0 Å². The summed E-state index contributed by atoms with van der Waals surface area (Å²) in [6.45, 7) is 9.35. The summed E-state index contributed by atoms with van der Waals surface area (Å²) in [6.07, 6.45) is 3.30. The number of amides is 1. The third-order valence-corrected chi connectivity index (χ3v) is 4.17. The molecule has 0 unspecified atom stereocenters. The number of carbonyl (C=O) groups excluding carboxylic acids is 1. The Bertz CT molecular complexity index is 265. The molecule has 0 atom stereocenters. The van der Waals surface area contributed by atoms with Crippen LogP contribution < -0.4 is 0 Å². The molecule has 0 spiro atoms. The fourth-order valence-corrected chi connectivity index (χ4v) is 2.49. The van der Waals surface area contributed by atoms with Crippen LogP contribution in [-0.2, 0) is 9.53 Å². The molecule has 0 aromatic carbocycles. The van der Waals surface area contributed by atoms with E-state index in [0.29, 0.717) is 18.9 Å². The maximum Gasteiger partial charge on any atom is 0.224 e. The molecule has 1 rings (SSSR count). The van der Waals surface area contributed by atoms with Gasteiger partial charge < -0.3 is 14.7 Å². The van der Waals surface area contributed by atoms with Crippen LogP contribution in [0.15, 0.2) is 0 Å². The van der Waals surface area contributed by atoms with E-state index in [4.69, 9.17) is 4.74 Å². The molecule has 1 amide bonds. The maximum absolute atomic E-state index is 12.0. The van der Waals surface area contributed by atoms with Crippen LogP contribution in [0.2, 0.25) is 0 Å². The molecule has 1 aliphatic rings. The molecule has 0 aliphatic carbocycles. The van der Waals surface area contributed by atoms with Gasteiger partial charge in [0.1, 0.15) is 0 Å². The first-order valence-corrected chi connectivity index (χ1v) is 7.49. The molecular weight excluding hydrogens is 242 g/mol. The number of carbonyl (C=O) groups is 1. The number of aliphatic hydroxyl groups excluding tert-OH is 1. The average molecular weight is 271 g/mol. The number of piperidine rings is 1. The van der Waals surface area contributed by atoms with Crippen LogP contribution in [0, 0.1) is 11.3 Å². The van der Waals surface area contributed by atoms with Crippen molar-refractivity contribution in [1.29, 1.82) is 0 Å². The summed E-state index contributed by atoms with van der Waals surface area (Å²) in [5.41, 5.74) is 0.0466. The lowest BCUT2D eigenvalue weighted by atomic mass is 9.77. The van der Waals surface area contributed by atoms with Crippen LogP contribution in [0.5, 0.6) is 0 Å². The zero-order valence-corrected chi connectivity index (χ0v) is 12.7. The van der Waals surface area contributed by atoms with E-state index < -0.39 is 0 Å². The molecule has 0 radical (unpaired) electrons. The Labute approximate surface area is 117 Å². The average Bonchev–Trinajstić information content (AvgIpc) is 2.43. The third-order valence-electron chi connectivity index (χ3n) is 4.17. The number of hydrogen-bond donors (Lipinski definition) is 1. The quantitative estimate of drug-likeness (QED) is 0.721. The summed E-state index contributed by atoms with van der Waals surface area (Å²) >= 11 is 0. The van der Waals surface area contributed by atoms with Crippen molar-refractivity contribution in [1.82, 2.24) is 4.90 Å². The zero-order valence-electron chi connectivity index (χ0n) is 12.7. The van der Waals surface area contributed by atoms with Crippen molar-refractivity contribution in [2.75, 3.05) is 32.9 Å². The molecule has 1 saturated heterocycles. The first-order chi connectivity index (χ1) is 9.03. The first kappa shape index (κ1) is 16.4. The SMILES string of the molecule is CCC1(CO)CCN(C(=O)CCOCC(C)C)CC1. The Balaban J connectivity index is 2.25. The van der Waals surface area contributed by atoms with E-state index in [2.05, 4.69) is 20.8 Å². The predicted molar refractivity (Wildman–Crippen MR) is 75.9 cm³/mol. The Morgan fingerprint density at radius 1 is 1.37 bits per heavy atom. The third kappa shape index (κ3) is 5.11. The summed E-state index contributed by atoms with van der Waals surface area (Å²) in [7, 11) is 0. The van der Waals surface area contributed by atoms with Crippen LogP contribution in [0.1, 0.15) is 46.5 Å². The lowest BCUT2D eigenvalue weighted by molar-refractivity contribution is -0.135. The van der Waals surface area contributed by atoms with E-state index in [-0.39, 0.29) is 17.9 Å². The van der Waals surface area contributed by atoms with Gasteiger partial charge in [-0.15, -0.1) is 0 Å². The van der Waals surface area contributed by atoms with E-state index in [0.717, 1.165) is 39.0 Å². The smallest absolute Gasteiger partial charge is 0.224 e. The minimum atomic E-state index is 0.0466. The molecule has 0 bridgehead atoms. The standard InChI is InChI=1S/C15H29NO3/c1-4-15(12-17)6-8-16(9-7-15)14(18)5-10-19-11-13(2)3/h13,17H,4-12H2,1-3H3. The lowest BCUT2D eigenvalue weighted by Gasteiger charge is -2.40. The zero-order chi connectivity index (χ0) is 14.3. The van der Waals surface area contributed by atoms with E-state index in [1.807, 2.05) is 4.90 Å². The molecule has 1 heterocycles. The number of aliphatic hydroxyl groups is 1. The molecule has 112 valence electrons. The van der Waals surface area contributed by atoms with Crippen LogP contribution in [0.25, 0.3) is 0 Å². The highest BCUT2D eigenvalue weighted by Gasteiger charge is 2.33. The molecule has 1 fully saturated rings. The van der Waals surface area contributed by atoms with Gasteiger partial charge in [0, 0.05) is 26.3 Å². The van der Waals surface area contributed by atoms with Gasteiger partial charge in [-0.05, 0) is 30.6 Å². The summed E-state index contributed by atoms with van der Waals surface area (Å²) in [5.74, 6) is 0.700. The first-order valence-electron chi connectivity index (χ1n) is 7.49. The van der Waals surface area contributed by atoms with E-state index in [9.17, 15) is 9.90 Å². The predicted octanol–water partition coefficient (Wildman–Crippen LogP) is 2.06. The van der Waals surface area contributed by atoms with Crippen LogP contribution in [-0.4, -0.2) is 48.8 Å². The van der Waals surface area contributed by atoms with E-state index in [1.54, 1.807) is 0 Å². The van der Waals surface area contributed by atoms with Crippen molar-refractivity contribution < 1.29 is 14.6 Å². The van der Waals surface area contributed by atoms with Gasteiger partial charge in [-0.25, -0.2) is 0 Å². The summed E-state index contributed by atoms with van der Waals surface area (Å²) in [4.78, 5) is 13.9. The second-order valence-electron chi connectivity index (χ2n) is 6.11. The van der Waals surface area contributed by atoms with Gasteiger partial charge in [0.15, 0.2) is 0 Å². The highest BCUT2D eigenvalue weighted by atomic mass is 16.5. The number of hydrogen-bond acceptors (Lipinski definition) is 3. The van der Waals surface area contributed by atoms with Crippen molar-refractivity contribution in [3.05, 3.63) is 0 Å². The van der Waals surface area contributed by atoms with Gasteiger partial charge in [-0.1, -0.05) is 20.8 Å². The van der Waals surface area contributed by atoms with Gasteiger partial charge >= 0.3 is 0 Å². The Hall–Kier alpha value is -0.610. The molecular formula is C15H29NO3. The molecule has 1 N–H and O–H groups in total. The van der Waals surface area contributed by atoms with Gasteiger partial charge in [-0.2, -0.15) is 0 Å². The largest absolute Gasteiger partial charge is 0.396 e. The summed E-state index contributed by atoms with van der Waals surface area (Å²) in [5, 5.41) is 9.47. The molecule has 0 aromatic rings. The lowest BCUT2D eigenvalue weighted by Crippen LogP contribution is -2.44. The summed E-state index contributed by atoms with van der Waals surface area (Å²) < 4.78 is 5.45. The second kappa shape index (κ2) is 7.85.